The molecule has 1 amide bonds. The molecule has 1 rings (SSSR count). The Hall–Kier alpha value is -0.790. The van der Waals surface area contributed by atoms with Gasteiger partial charge in [0.05, 0.1) is 0 Å². The van der Waals surface area contributed by atoms with Crippen molar-refractivity contribution in [1.82, 2.24) is 4.90 Å². The highest BCUT2D eigenvalue weighted by atomic mass is 16.2. The van der Waals surface area contributed by atoms with Crippen LogP contribution in [0.1, 0.15) is 34.1 Å². The van der Waals surface area contributed by atoms with Gasteiger partial charge in [0.2, 0.25) is 5.91 Å². The fourth-order valence-corrected chi connectivity index (χ4v) is 2.14. The molecule has 1 aliphatic heterocycles. The summed E-state index contributed by atoms with van der Waals surface area (Å²) < 4.78 is 0. The SMILES string of the molecule is C/C=C/C(=O)N1C(C)CC1(C)C. The van der Waals surface area contributed by atoms with Gasteiger partial charge < -0.3 is 4.90 Å². The van der Waals surface area contributed by atoms with E-state index in [0.717, 1.165) is 6.42 Å². The fraction of sp³-hybridized carbons (Fsp3) is 0.700. The van der Waals surface area contributed by atoms with Gasteiger partial charge in [-0.1, -0.05) is 6.08 Å². The molecule has 1 heterocycles. The summed E-state index contributed by atoms with van der Waals surface area (Å²) >= 11 is 0. The molecule has 1 saturated heterocycles. The van der Waals surface area contributed by atoms with Gasteiger partial charge in [-0.25, -0.2) is 0 Å². The third-order valence-corrected chi connectivity index (χ3v) is 2.43. The van der Waals surface area contributed by atoms with Crippen LogP contribution in [-0.4, -0.2) is 22.4 Å². The third kappa shape index (κ3) is 1.38. The summed E-state index contributed by atoms with van der Waals surface area (Å²) in [5.41, 5.74) is 0.0655. The molecule has 68 valence electrons. The summed E-state index contributed by atoms with van der Waals surface area (Å²) in [4.78, 5) is 13.4. The van der Waals surface area contributed by atoms with Crippen LogP contribution in [0.15, 0.2) is 12.2 Å². The van der Waals surface area contributed by atoms with Crippen molar-refractivity contribution < 1.29 is 4.79 Å². The van der Waals surface area contributed by atoms with E-state index in [-0.39, 0.29) is 11.4 Å². The van der Waals surface area contributed by atoms with Crippen molar-refractivity contribution in [2.45, 2.75) is 45.7 Å². The smallest absolute Gasteiger partial charge is 0.246 e. The Morgan fingerprint density at radius 3 is 2.50 bits per heavy atom. The standard InChI is InChI=1S/C10H17NO/c1-5-6-9(12)11-8(2)7-10(11,3)4/h5-6,8H,7H2,1-4H3/b6-5+. The summed E-state index contributed by atoms with van der Waals surface area (Å²) in [6, 6.07) is 0.406. The van der Waals surface area contributed by atoms with Gasteiger partial charge in [-0.05, 0) is 40.2 Å². The second-order valence-electron chi connectivity index (χ2n) is 4.07. The predicted octanol–water partition coefficient (Wildman–Crippen LogP) is 1.96. The highest BCUT2D eigenvalue weighted by molar-refractivity contribution is 5.89. The molecule has 0 aromatic rings. The van der Waals surface area contributed by atoms with Gasteiger partial charge in [0.15, 0.2) is 0 Å². The van der Waals surface area contributed by atoms with Gasteiger partial charge in [-0.3, -0.25) is 4.79 Å². The number of amides is 1. The maximum atomic E-state index is 11.5. The highest BCUT2D eigenvalue weighted by Crippen LogP contribution is 2.35. The molecule has 0 saturated carbocycles. The fourth-order valence-electron chi connectivity index (χ4n) is 2.14. The lowest BCUT2D eigenvalue weighted by Crippen LogP contribution is -2.63. The maximum absolute atomic E-state index is 11.5. The number of likely N-dealkylation sites (tertiary alicyclic amines) is 1. The average Bonchev–Trinajstić information content (AvgIpc) is 1.84. The molecule has 1 unspecified atom stereocenters. The van der Waals surface area contributed by atoms with Crippen molar-refractivity contribution in [1.29, 1.82) is 0 Å². The zero-order chi connectivity index (χ0) is 9.35. The molecule has 0 aliphatic carbocycles. The Morgan fingerprint density at radius 2 is 2.17 bits per heavy atom. The summed E-state index contributed by atoms with van der Waals surface area (Å²) in [7, 11) is 0. The van der Waals surface area contributed by atoms with E-state index in [1.165, 1.54) is 0 Å². The molecule has 0 bridgehead atoms. The van der Waals surface area contributed by atoms with Crippen LogP contribution < -0.4 is 0 Å². The first kappa shape index (κ1) is 9.30. The Labute approximate surface area is 74.2 Å². The largest absolute Gasteiger partial charge is 0.331 e. The summed E-state index contributed by atoms with van der Waals surface area (Å²) in [5.74, 6) is 0.140. The molecule has 1 fully saturated rings. The van der Waals surface area contributed by atoms with Crippen LogP contribution in [0, 0.1) is 0 Å². The first-order valence-electron chi connectivity index (χ1n) is 4.45. The zero-order valence-corrected chi connectivity index (χ0v) is 8.29. The molecule has 2 heteroatoms. The van der Waals surface area contributed by atoms with E-state index < -0.39 is 0 Å². The normalized spacial score (nSPS) is 27.3. The first-order chi connectivity index (χ1) is 5.49. The van der Waals surface area contributed by atoms with Gasteiger partial charge in [0, 0.05) is 11.6 Å². The second kappa shape index (κ2) is 2.92. The number of allylic oxidation sites excluding steroid dienone is 1. The van der Waals surface area contributed by atoms with Crippen molar-refractivity contribution in [2.24, 2.45) is 0 Å². The van der Waals surface area contributed by atoms with Crippen LogP contribution in [0.3, 0.4) is 0 Å². The molecule has 12 heavy (non-hydrogen) atoms. The topological polar surface area (TPSA) is 20.3 Å². The summed E-state index contributed by atoms with van der Waals surface area (Å²) in [6.07, 6.45) is 4.54. The average molecular weight is 167 g/mol. The number of carbonyl (C=O) groups is 1. The minimum atomic E-state index is 0.0655. The van der Waals surface area contributed by atoms with Gasteiger partial charge in [0.1, 0.15) is 0 Å². The second-order valence-corrected chi connectivity index (χ2v) is 4.07. The molecule has 0 radical (unpaired) electrons. The lowest BCUT2D eigenvalue weighted by Gasteiger charge is -2.53. The molecular weight excluding hydrogens is 150 g/mol. The van der Waals surface area contributed by atoms with E-state index in [1.54, 1.807) is 12.2 Å². The van der Waals surface area contributed by atoms with Crippen LogP contribution in [0.5, 0.6) is 0 Å². The Morgan fingerprint density at radius 1 is 1.58 bits per heavy atom. The number of carbonyl (C=O) groups excluding carboxylic acids is 1. The Balaban J connectivity index is 2.68. The van der Waals surface area contributed by atoms with Crippen molar-refractivity contribution >= 4 is 5.91 Å². The Kier molecular flexibility index (Phi) is 2.27. The van der Waals surface area contributed by atoms with Crippen LogP contribution in [0.25, 0.3) is 0 Å². The molecule has 2 nitrogen and oxygen atoms in total. The monoisotopic (exact) mass is 167 g/mol. The molecule has 1 atom stereocenters. The van der Waals surface area contributed by atoms with E-state index >= 15 is 0 Å². The lowest BCUT2D eigenvalue weighted by atomic mass is 9.82. The predicted molar refractivity (Wildman–Crippen MR) is 49.8 cm³/mol. The van der Waals surface area contributed by atoms with Gasteiger partial charge in [-0.2, -0.15) is 0 Å². The minimum Gasteiger partial charge on any atom is -0.331 e. The van der Waals surface area contributed by atoms with Crippen LogP contribution in [-0.2, 0) is 4.79 Å². The van der Waals surface area contributed by atoms with Crippen LogP contribution in [0.2, 0.25) is 0 Å². The van der Waals surface area contributed by atoms with Gasteiger partial charge in [0.25, 0.3) is 0 Å². The van der Waals surface area contributed by atoms with E-state index in [9.17, 15) is 4.79 Å². The van der Waals surface area contributed by atoms with Gasteiger partial charge in [-0.15, -0.1) is 0 Å². The molecule has 0 aromatic carbocycles. The molecule has 1 aliphatic rings. The van der Waals surface area contributed by atoms with E-state index in [2.05, 4.69) is 20.8 Å². The van der Waals surface area contributed by atoms with Crippen molar-refractivity contribution in [3.8, 4) is 0 Å². The lowest BCUT2D eigenvalue weighted by molar-refractivity contribution is -0.146. The summed E-state index contributed by atoms with van der Waals surface area (Å²) in [5, 5.41) is 0. The first-order valence-corrected chi connectivity index (χ1v) is 4.45. The molecule has 0 aromatic heterocycles. The van der Waals surface area contributed by atoms with E-state index in [0.29, 0.717) is 6.04 Å². The Bertz CT molecular complexity index is 218. The minimum absolute atomic E-state index is 0.0655. The van der Waals surface area contributed by atoms with Crippen molar-refractivity contribution in [2.75, 3.05) is 0 Å². The molecule has 0 spiro atoms. The molecular formula is C10H17NO. The van der Waals surface area contributed by atoms with Crippen molar-refractivity contribution in [3.63, 3.8) is 0 Å². The van der Waals surface area contributed by atoms with Gasteiger partial charge >= 0.3 is 0 Å². The number of hydrogen-bond acceptors (Lipinski definition) is 1. The van der Waals surface area contributed by atoms with E-state index in [4.69, 9.17) is 0 Å². The molecule has 0 N–H and O–H groups in total. The quantitative estimate of drug-likeness (QED) is 0.547. The van der Waals surface area contributed by atoms with Crippen molar-refractivity contribution in [3.05, 3.63) is 12.2 Å². The number of hydrogen-bond donors (Lipinski definition) is 0. The maximum Gasteiger partial charge on any atom is 0.246 e. The van der Waals surface area contributed by atoms with Crippen LogP contribution >= 0.6 is 0 Å². The van der Waals surface area contributed by atoms with E-state index in [1.807, 2.05) is 11.8 Å². The number of nitrogens with zero attached hydrogens (tertiary/aromatic N) is 1. The summed E-state index contributed by atoms with van der Waals surface area (Å²) in [6.45, 7) is 8.17. The zero-order valence-electron chi connectivity index (χ0n) is 8.29. The third-order valence-electron chi connectivity index (χ3n) is 2.43. The highest BCUT2D eigenvalue weighted by Gasteiger charge is 2.44. The van der Waals surface area contributed by atoms with Crippen LogP contribution in [0.4, 0.5) is 0 Å². The number of rotatable bonds is 1.